The third-order valence-corrected chi connectivity index (χ3v) is 3.78. The van der Waals surface area contributed by atoms with Gasteiger partial charge in [0.15, 0.2) is 5.78 Å². The molecule has 98 valence electrons. The minimum Gasteiger partial charge on any atom is -0.293 e. The Morgan fingerprint density at radius 1 is 1.32 bits per heavy atom. The molecular formula is C13H12N2O3S. The number of non-ortho nitro benzene ring substituents is 1. The molecule has 6 heteroatoms. The van der Waals surface area contributed by atoms with Crippen molar-refractivity contribution in [3.8, 4) is 0 Å². The van der Waals surface area contributed by atoms with Gasteiger partial charge in [-0.1, -0.05) is 12.1 Å². The number of aryl methyl sites for hydroxylation is 2. The minimum absolute atomic E-state index is 0.00282. The molecule has 0 saturated carbocycles. The fraction of sp³-hybridized carbons (Fsp3) is 0.231. The Labute approximate surface area is 114 Å². The number of nitrogens with zero attached hydrogens (tertiary/aromatic N) is 2. The van der Waals surface area contributed by atoms with Crippen LogP contribution in [0.4, 0.5) is 5.69 Å². The van der Waals surface area contributed by atoms with Gasteiger partial charge in [-0.2, -0.15) is 0 Å². The van der Waals surface area contributed by atoms with Crippen molar-refractivity contribution in [2.75, 3.05) is 0 Å². The number of Topliss-reactive ketones (excluding diaryl/α,β-unsaturated/α-hetero) is 1. The van der Waals surface area contributed by atoms with E-state index in [0.29, 0.717) is 4.88 Å². The largest absolute Gasteiger partial charge is 0.293 e. The first-order chi connectivity index (χ1) is 8.97. The maximum Gasteiger partial charge on any atom is 0.269 e. The number of ketones is 1. The molecule has 0 fully saturated rings. The molecule has 0 radical (unpaired) electrons. The summed E-state index contributed by atoms with van der Waals surface area (Å²) in [5.74, 6) is -0.00282. The summed E-state index contributed by atoms with van der Waals surface area (Å²) < 4.78 is 0. The van der Waals surface area contributed by atoms with Crippen molar-refractivity contribution in [3.05, 3.63) is 55.5 Å². The highest BCUT2D eigenvalue weighted by Crippen LogP contribution is 2.20. The lowest BCUT2D eigenvalue weighted by Crippen LogP contribution is -2.03. The van der Waals surface area contributed by atoms with Gasteiger partial charge >= 0.3 is 0 Å². The Hall–Kier alpha value is -2.08. The van der Waals surface area contributed by atoms with Gasteiger partial charge in [0.1, 0.15) is 0 Å². The van der Waals surface area contributed by atoms with E-state index in [2.05, 4.69) is 4.98 Å². The highest BCUT2D eigenvalue weighted by atomic mass is 32.1. The summed E-state index contributed by atoms with van der Waals surface area (Å²) >= 11 is 1.38. The molecule has 0 aliphatic carbocycles. The standard InChI is InChI=1S/C13H12N2O3S/c1-8-13(19-9(2)14-8)12(16)7-10-3-5-11(6-4-10)15(17)18/h3-6H,7H2,1-2H3. The van der Waals surface area contributed by atoms with Crippen LogP contribution >= 0.6 is 11.3 Å². The number of hydrogen-bond acceptors (Lipinski definition) is 5. The van der Waals surface area contributed by atoms with Gasteiger partial charge in [0.05, 0.1) is 20.5 Å². The lowest BCUT2D eigenvalue weighted by atomic mass is 10.1. The van der Waals surface area contributed by atoms with Crippen molar-refractivity contribution in [1.82, 2.24) is 4.98 Å². The summed E-state index contributed by atoms with van der Waals surface area (Å²) in [6.07, 6.45) is 0.237. The lowest BCUT2D eigenvalue weighted by Gasteiger charge is -2.00. The fourth-order valence-corrected chi connectivity index (χ4v) is 2.65. The summed E-state index contributed by atoms with van der Waals surface area (Å²) in [6, 6.07) is 6.04. The van der Waals surface area contributed by atoms with Crippen LogP contribution in [0, 0.1) is 24.0 Å². The molecule has 0 N–H and O–H groups in total. The number of benzene rings is 1. The summed E-state index contributed by atoms with van der Waals surface area (Å²) in [4.78, 5) is 27.1. The zero-order valence-corrected chi connectivity index (χ0v) is 11.4. The normalized spacial score (nSPS) is 10.4. The summed E-state index contributed by atoms with van der Waals surface area (Å²) in [6.45, 7) is 3.67. The molecule has 19 heavy (non-hydrogen) atoms. The van der Waals surface area contributed by atoms with E-state index in [9.17, 15) is 14.9 Å². The molecular weight excluding hydrogens is 264 g/mol. The Bertz CT molecular complexity index is 632. The van der Waals surface area contributed by atoms with E-state index in [-0.39, 0.29) is 17.9 Å². The van der Waals surface area contributed by atoms with Crippen LogP contribution in [-0.2, 0) is 6.42 Å². The Morgan fingerprint density at radius 2 is 1.95 bits per heavy atom. The Kier molecular flexibility index (Phi) is 3.71. The van der Waals surface area contributed by atoms with E-state index in [1.165, 1.54) is 23.5 Å². The van der Waals surface area contributed by atoms with Crippen molar-refractivity contribution >= 4 is 22.8 Å². The maximum atomic E-state index is 12.1. The van der Waals surface area contributed by atoms with Gasteiger partial charge in [0, 0.05) is 18.6 Å². The molecule has 2 aromatic rings. The number of carbonyl (C=O) groups is 1. The molecule has 1 aromatic heterocycles. The molecule has 0 aliphatic rings. The Balaban J connectivity index is 2.15. The topological polar surface area (TPSA) is 73.1 Å². The third kappa shape index (κ3) is 3.03. The number of rotatable bonds is 4. The van der Waals surface area contributed by atoms with Crippen LogP contribution in [-0.4, -0.2) is 15.7 Å². The lowest BCUT2D eigenvalue weighted by molar-refractivity contribution is -0.384. The predicted molar refractivity (Wildman–Crippen MR) is 72.7 cm³/mol. The van der Waals surface area contributed by atoms with E-state index >= 15 is 0 Å². The van der Waals surface area contributed by atoms with Crippen LogP contribution in [0.1, 0.15) is 25.9 Å². The Morgan fingerprint density at radius 3 is 2.42 bits per heavy atom. The number of nitro benzene ring substituents is 1. The highest BCUT2D eigenvalue weighted by molar-refractivity contribution is 7.13. The van der Waals surface area contributed by atoms with Crippen LogP contribution in [0.5, 0.6) is 0 Å². The third-order valence-electron chi connectivity index (χ3n) is 2.67. The number of aromatic nitrogens is 1. The van der Waals surface area contributed by atoms with Gasteiger partial charge in [-0.25, -0.2) is 4.98 Å². The van der Waals surface area contributed by atoms with Crippen molar-refractivity contribution < 1.29 is 9.72 Å². The molecule has 2 rings (SSSR count). The number of nitro groups is 1. The van der Waals surface area contributed by atoms with Crippen molar-refractivity contribution in [3.63, 3.8) is 0 Å². The summed E-state index contributed by atoms with van der Waals surface area (Å²) in [5.41, 5.74) is 1.54. The minimum atomic E-state index is -0.456. The first kappa shape index (κ1) is 13.4. The molecule has 0 atom stereocenters. The molecule has 5 nitrogen and oxygen atoms in total. The SMILES string of the molecule is Cc1nc(C)c(C(=O)Cc2ccc([N+](=O)[O-])cc2)s1. The van der Waals surface area contributed by atoms with E-state index in [0.717, 1.165) is 16.3 Å². The van der Waals surface area contributed by atoms with Crippen molar-refractivity contribution in [2.24, 2.45) is 0 Å². The van der Waals surface area contributed by atoms with Gasteiger partial charge < -0.3 is 0 Å². The molecule has 0 spiro atoms. The molecule has 0 aliphatic heterocycles. The van der Waals surface area contributed by atoms with Crippen LogP contribution in [0.25, 0.3) is 0 Å². The number of hydrogen-bond donors (Lipinski definition) is 0. The molecule has 0 amide bonds. The van der Waals surface area contributed by atoms with E-state index in [1.54, 1.807) is 12.1 Å². The van der Waals surface area contributed by atoms with Gasteiger partial charge in [-0.15, -0.1) is 11.3 Å². The average Bonchev–Trinajstić information content (AvgIpc) is 2.69. The molecule has 1 aromatic carbocycles. The number of carbonyl (C=O) groups excluding carboxylic acids is 1. The fourth-order valence-electron chi connectivity index (χ4n) is 1.79. The molecule has 0 bridgehead atoms. The smallest absolute Gasteiger partial charge is 0.269 e. The zero-order valence-electron chi connectivity index (χ0n) is 10.5. The molecule has 0 saturated heterocycles. The van der Waals surface area contributed by atoms with E-state index in [4.69, 9.17) is 0 Å². The predicted octanol–water partition coefficient (Wildman–Crippen LogP) is 3.09. The van der Waals surface area contributed by atoms with Crippen molar-refractivity contribution in [1.29, 1.82) is 0 Å². The first-order valence-corrected chi connectivity index (χ1v) is 6.49. The van der Waals surface area contributed by atoms with Crippen LogP contribution in [0.2, 0.25) is 0 Å². The van der Waals surface area contributed by atoms with Gasteiger partial charge in [-0.3, -0.25) is 14.9 Å². The van der Waals surface area contributed by atoms with E-state index in [1.807, 2.05) is 13.8 Å². The summed E-state index contributed by atoms with van der Waals surface area (Å²) in [7, 11) is 0. The maximum absolute atomic E-state index is 12.1. The zero-order chi connectivity index (χ0) is 14.0. The van der Waals surface area contributed by atoms with Crippen LogP contribution in [0.15, 0.2) is 24.3 Å². The highest BCUT2D eigenvalue weighted by Gasteiger charge is 2.14. The number of thiazole rings is 1. The summed E-state index contributed by atoms with van der Waals surface area (Å²) in [5, 5.41) is 11.4. The average molecular weight is 276 g/mol. The molecule has 1 heterocycles. The second-order valence-corrected chi connectivity index (χ2v) is 5.37. The van der Waals surface area contributed by atoms with Crippen LogP contribution in [0.3, 0.4) is 0 Å². The monoisotopic (exact) mass is 276 g/mol. The van der Waals surface area contributed by atoms with Gasteiger partial charge in [-0.05, 0) is 19.4 Å². The second-order valence-electron chi connectivity index (χ2n) is 4.17. The van der Waals surface area contributed by atoms with E-state index < -0.39 is 4.92 Å². The quantitative estimate of drug-likeness (QED) is 0.488. The molecule has 0 unspecified atom stereocenters. The van der Waals surface area contributed by atoms with Gasteiger partial charge in [0.25, 0.3) is 5.69 Å². The first-order valence-electron chi connectivity index (χ1n) is 5.68. The second kappa shape index (κ2) is 5.27. The van der Waals surface area contributed by atoms with Crippen molar-refractivity contribution in [2.45, 2.75) is 20.3 Å². The van der Waals surface area contributed by atoms with Crippen LogP contribution < -0.4 is 0 Å². The van der Waals surface area contributed by atoms with Gasteiger partial charge in [0.2, 0.25) is 0 Å².